The molecule has 0 radical (unpaired) electrons. The van der Waals surface area contributed by atoms with Gasteiger partial charge >= 0.3 is 0 Å². The Morgan fingerprint density at radius 2 is 1.75 bits per heavy atom. The second kappa shape index (κ2) is 9.17. The van der Waals surface area contributed by atoms with E-state index in [2.05, 4.69) is 21.2 Å². The van der Waals surface area contributed by atoms with E-state index in [1.165, 1.54) is 0 Å². The van der Waals surface area contributed by atoms with Crippen LogP contribution >= 0.6 is 15.9 Å². The van der Waals surface area contributed by atoms with Crippen molar-refractivity contribution in [1.82, 2.24) is 5.32 Å². The molecule has 0 spiro atoms. The standard InChI is InChI=1S/C18H20BrNO4/c1-22-15-4-3-5-16(18(15)23-2)24-11-10-20-17(21)12-13-6-8-14(19)9-7-13/h3-9H,10-12H2,1-2H3,(H,20,21). The fourth-order valence-corrected chi connectivity index (χ4v) is 2.44. The monoisotopic (exact) mass is 393 g/mol. The third-order valence-electron chi connectivity index (χ3n) is 3.33. The Morgan fingerprint density at radius 1 is 1.04 bits per heavy atom. The highest BCUT2D eigenvalue weighted by atomic mass is 79.9. The SMILES string of the molecule is COc1cccc(OCCNC(=O)Cc2ccc(Br)cc2)c1OC. The molecule has 2 rings (SSSR count). The van der Waals surface area contributed by atoms with E-state index in [4.69, 9.17) is 14.2 Å². The lowest BCUT2D eigenvalue weighted by molar-refractivity contribution is -0.120. The van der Waals surface area contributed by atoms with E-state index in [1.54, 1.807) is 26.4 Å². The van der Waals surface area contributed by atoms with Gasteiger partial charge in [0.2, 0.25) is 11.7 Å². The number of amides is 1. The third-order valence-corrected chi connectivity index (χ3v) is 3.86. The van der Waals surface area contributed by atoms with Gasteiger partial charge in [-0.05, 0) is 29.8 Å². The number of halogens is 1. The van der Waals surface area contributed by atoms with Gasteiger partial charge in [-0.25, -0.2) is 0 Å². The minimum Gasteiger partial charge on any atom is -0.493 e. The molecule has 0 bridgehead atoms. The third kappa shape index (κ3) is 5.16. The van der Waals surface area contributed by atoms with Crippen LogP contribution in [0.1, 0.15) is 5.56 Å². The number of rotatable bonds is 8. The molecule has 24 heavy (non-hydrogen) atoms. The van der Waals surface area contributed by atoms with Gasteiger partial charge in [-0.3, -0.25) is 4.79 Å². The molecular formula is C18H20BrNO4. The second-order valence-corrected chi connectivity index (χ2v) is 5.91. The molecule has 0 saturated heterocycles. The summed E-state index contributed by atoms with van der Waals surface area (Å²) in [6, 6.07) is 13.1. The van der Waals surface area contributed by atoms with Crippen LogP contribution in [0.4, 0.5) is 0 Å². The van der Waals surface area contributed by atoms with Crippen molar-refractivity contribution in [2.24, 2.45) is 0 Å². The molecule has 0 aliphatic carbocycles. The number of ether oxygens (including phenoxy) is 3. The highest BCUT2D eigenvalue weighted by molar-refractivity contribution is 9.10. The van der Waals surface area contributed by atoms with Crippen molar-refractivity contribution < 1.29 is 19.0 Å². The zero-order chi connectivity index (χ0) is 17.4. The first-order valence-corrected chi connectivity index (χ1v) is 8.28. The molecule has 0 fully saturated rings. The van der Waals surface area contributed by atoms with Gasteiger partial charge in [0.25, 0.3) is 0 Å². The highest BCUT2D eigenvalue weighted by Crippen LogP contribution is 2.36. The van der Waals surface area contributed by atoms with Crippen LogP contribution in [0.25, 0.3) is 0 Å². The van der Waals surface area contributed by atoms with Crippen molar-refractivity contribution in [3.8, 4) is 17.2 Å². The first kappa shape index (κ1) is 18.1. The van der Waals surface area contributed by atoms with Gasteiger partial charge in [0.05, 0.1) is 27.2 Å². The first-order valence-electron chi connectivity index (χ1n) is 7.49. The van der Waals surface area contributed by atoms with Gasteiger partial charge in [0.1, 0.15) is 6.61 Å². The van der Waals surface area contributed by atoms with Crippen molar-refractivity contribution in [2.45, 2.75) is 6.42 Å². The zero-order valence-corrected chi connectivity index (χ0v) is 15.3. The van der Waals surface area contributed by atoms with Crippen molar-refractivity contribution in [1.29, 1.82) is 0 Å². The smallest absolute Gasteiger partial charge is 0.224 e. The maximum absolute atomic E-state index is 11.9. The van der Waals surface area contributed by atoms with Gasteiger partial charge < -0.3 is 19.5 Å². The van der Waals surface area contributed by atoms with Gasteiger partial charge in [-0.15, -0.1) is 0 Å². The van der Waals surface area contributed by atoms with Crippen LogP contribution in [-0.2, 0) is 11.2 Å². The Morgan fingerprint density at radius 3 is 2.42 bits per heavy atom. The molecule has 0 atom stereocenters. The Balaban J connectivity index is 1.78. The summed E-state index contributed by atoms with van der Waals surface area (Å²) < 4.78 is 17.2. The van der Waals surface area contributed by atoms with E-state index < -0.39 is 0 Å². The van der Waals surface area contributed by atoms with Gasteiger partial charge in [0.15, 0.2) is 11.5 Å². The van der Waals surface area contributed by atoms with Crippen LogP contribution in [0, 0.1) is 0 Å². The molecule has 5 nitrogen and oxygen atoms in total. The molecular weight excluding hydrogens is 374 g/mol. The van der Waals surface area contributed by atoms with Crippen LogP contribution in [0.2, 0.25) is 0 Å². The van der Waals surface area contributed by atoms with E-state index in [0.29, 0.717) is 36.8 Å². The molecule has 1 N–H and O–H groups in total. The minimum atomic E-state index is -0.0430. The Bertz CT molecular complexity index is 673. The minimum absolute atomic E-state index is 0.0430. The van der Waals surface area contributed by atoms with Crippen molar-refractivity contribution in [3.63, 3.8) is 0 Å². The normalized spacial score (nSPS) is 10.1. The summed E-state index contributed by atoms with van der Waals surface area (Å²) >= 11 is 3.37. The summed E-state index contributed by atoms with van der Waals surface area (Å²) in [6.45, 7) is 0.755. The molecule has 2 aromatic rings. The quantitative estimate of drug-likeness (QED) is 0.699. The number of para-hydroxylation sites is 1. The first-order chi connectivity index (χ1) is 11.6. The number of nitrogens with one attached hydrogen (secondary N) is 1. The molecule has 0 heterocycles. The van der Waals surface area contributed by atoms with Crippen LogP contribution < -0.4 is 19.5 Å². The average Bonchev–Trinajstić information content (AvgIpc) is 2.60. The Labute approximate surface area is 150 Å². The van der Waals surface area contributed by atoms with Gasteiger partial charge in [-0.1, -0.05) is 34.1 Å². The predicted molar refractivity (Wildman–Crippen MR) is 95.9 cm³/mol. The summed E-state index contributed by atoms with van der Waals surface area (Å²) in [5, 5.41) is 2.83. The van der Waals surface area contributed by atoms with Crippen LogP contribution in [-0.4, -0.2) is 33.3 Å². The van der Waals surface area contributed by atoms with E-state index >= 15 is 0 Å². The summed E-state index contributed by atoms with van der Waals surface area (Å²) in [7, 11) is 3.13. The zero-order valence-electron chi connectivity index (χ0n) is 13.7. The summed E-state index contributed by atoms with van der Waals surface area (Å²) in [6.07, 6.45) is 0.343. The summed E-state index contributed by atoms with van der Waals surface area (Å²) in [5.41, 5.74) is 0.964. The van der Waals surface area contributed by atoms with E-state index in [1.807, 2.05) is 30.3 Å². The lowest BCUT2D eigenvalue weighted by atomic mass is 10.1. The van der Waals surface area contributed by atoms with Gasteiger partial charge in [-0.2, -0.15) is 0 Å². The van der Waals surface area contributed by atoms with E-state index in [-0.39, 0.29) is 5.91 Å². The largest absolute Gasteiger partial charge is 0.493 e. The molecule has 0 unspecified atom stereocenters. The molecule has 1 amide bonds. The average molecular weight is 394 g/mol. The predicted octanol–water partition coefficient (Wildman–Crippen LogP) is 3.20. The highest BCUT2D eigenvalue weighted by Gasteiger charge is 2.10. The molecule has 0 aliphatic rings. The van der Waals surface area contributed by atoms with Crippen molar-refractivity contribution in [3.05, 3.63) is 52.5 Å². The maximum Gasteiger partial charge on any atom is 0.224 e. The fraction of sp³-hybridized carbons (Fsp3) is 0.278. The Hall–Kier alpha value is -2.21. The van der Waals surface area contributed by atoms with Crippen molar-refractivity contribution in [2.75, 3.05) is 27.4 Å². The lowest BCUT2D eigenvalue weighted by Gasteiger charge is -2.13. The van der Waals surface area contributed by atoms with E-state index in [0.717, 1.165) is 10.0 Å². The second-order valence-electron chi connectivity index (χ2n) is 4.99. The number of benzene rings is 2. The van der Waals surface area contributed by atoms with Gasteiger partial charge in [0, 0.05) is 4.47 Å². The van der Waals surface area contributed by atoms with E-state index in [9.17, 15) is 4.79 Å². The number of methoxy groups -OCH3 is 2. The lowest BCUT2D eigenvalue weighted by Crippen LogP contribution is -2.29. The topological polar surface area (TPSA) is 56.8 Å². The number of hydrogen-bond acceptors (Lipinski definition) is 4. The molecule has 0 saturated carbocycles. The fourth-order valence-electron chi connectivity index (χ4n) is 2.17. The number of carbonyl (C=O) groups excluding carboxylic acids is 1. The maximum atomic E-state index is 11.9. The number of carbonyl (C=O) groups is 1. The van der Waals surface area contributed by atoms with Crippen LogP contribution in [0.5, 0.6) is 17.2 Å². The summed E-state index contributed by atoms with van der Waals surface area (Å²) in [4.78, 5) is 11.9. The molecule has 6 heteroatoms. The molecule has 0 aromatic heterocycles. The van der Waals surface area contributed by atoms with Crippen LogP contribution in [0.15, 0.2) is 46.9 Å². The summed E-state index contributed by atoms with van der Waals surface area (Å²) in [5.74, 6) is 1.69. The molecule has 0 aliphatic heterocycles. The van der Waals surface area contributed by atoms with Crippen molar-refractivity contribution >= 4 is 21.8 Å². The number of hydrogen-bond donors (Lipinski definition) is 1. The Kier molecular flexibility index (Phi) is 6.93. The molecule has 128 valence electrons. The molecule has 2 aromatic carbocycles. The van der Waals surface area contributed by atoms with Crippen LogP contribution in [0.3, 0.4) is 0 Å².